The van der Waals surface area contributed by atoms with Gasteiger partial charge in [0.05, 0.1) is 6.04 Å². The maximum Gasteiger partial charge on any atom is 0.0501 e. The molecule has 2 aromatic rings. The molecule has 1 aromatic carbocycles. The van der Waals surface area contributed by atoms with Gasteiger partial charge in [-0.25, -0.2) is 0 Å². The molecule has 0 saturated carbocycles. The van der Waals surface area contributed by atoms with Crippen LogP contribution in [0.2, 0.25) is 0 Å². The van der Waals surface area contributed by atoms with E-state index in [1.807, 2.05) is 4.93 Å². The molecule has 0 spiro atoms. The maximum atomic E-state index is 2.59. The maximum absolute atomic E-state index is 2.59. The molecule has 1 aliphatic heterocycles. The van der Waals surface area contributed by atoms with Gasteiger partial charge in [0, 0.05) is 29.7 Å². The van der Waals surface area contributed by atoms with Gasteiger partial charge < -0.3 is 4.57 Å². The van der Waals surface area contributed by atoms with E-state index in [0.29, 0.717) is 6.04 Å². The summed E-state index contributed by atoms with van der Waals surface area (Å²) in [4.78, 5) is 4.52. The number of benzene rings is 1. The van der Waals surface area contributed by atoms with Gasteiger partial charge in [-0.1, -0.05) is 34.2 Å². The number of aryl methyl sites for hydroxylation is 2. The number of hydrogen-bond donors (Lipinski definition) is 0. The van der Waals surface area contributed by atoms with Gasteiger partial charge in [0.15, 0.2) is 0 Å². The minimum Gasteiger partial charge on any atom is -0.342 e. The lowest BCUT2D eigenvalue weighted by Gasteiger charge is -2.37. The van der Waals surface area contributed by atoms with Crippen molar-refractivity contribution in [2.24, 2.45) is 0 Å². The highest BCUT2D eigenvalue weighted by molar-refractivity contribution is 14.1. The number of alkyl halides is 1. The van der Waals surface area contributed by atoms with Crippen molar-refractivity contribution in [2.45, 2.75) is 38.8 Å². The minimum atomic E-state index is 0.662. The van der Waals surface area contributed by atoms with Crippen molar-refractivity contribution in [3.8, 4) is 0 Å². The van der Waals surface area contributed by atoms with Crippen molar-refractivity contribution in [1.82, 2.24) is 9.47 Å². The van der Waals surface area contributed by atoms with Crippen LogP contribution in [-0.2, 0) is 13.0 Å². The van der Waals surface area contributed by atoms with Crippen LogP contribution in [0, 0.1) is 6.92 Å². The molecule has 0 fully saturated rings. The van der Waals surface area contributed by atoms with E-state index in [9.17, 15) is 0 Å². The molecule has 108 valence electrons. The SMILES string of the molecule is CI.Cc1ccc2c(c1)c1c3n2CCN(C)C3CCC1. The summed E-state index contributed by atoms with van der Waals surface area (Å²) in [5.74, 6) is 0. The number of nitrogens with zero attached hydrogens (tertiary/aromatic N) is 2. The van der Waals surface area contributed by atoms with Gasteiger partial charge in [0.1, 0.15) is 0 Å². The third-order valence-corrected chi connectivity index (χ3v) is 4.80. The van der Waals surface area contributed by atoms with Gasteiger partial charge in [-0.15, -0.1) is 0 Å². The molecule has 2 aliphatic rings. The number of rotatable bonds is 0. The fourth-order valence-corrected chi connectivity index (χ4v) is 3.89. The van der Waals surface area contributed by atoms with Crippen LogP contribution in [0.5, 0.6) is 0 Å². The summed E-state index contributed by atoms with van der Waals surface area (Å²) in [6.07, 6.45) is 3.94. The predicted octanol–water partition coefficient (Wildman–Crippen LogP) is 4.32. The standard InChI is InChI=1S/C16H20N2.CH3I/c1-11-6-7-14-13(10-11)12-4-3-5-15-16(12)18(14)9-8-17(15)2;1-2/h6-7,10,15H,3-5,8-9H2,1-2H3;1H3. The Morgan fingerprint density at radius 1 is 1.20 bits per heavy atom. The summed E-state index contributed by atoms with van der Waals surface area (Å²) in [5, 5.41) is 1.52. The fraction of sp³-hybridized carbons (Fsp3) is 0.529. The Hall–Kier alpha value is -0.550. The van der Waals surface area contributed by atoms with E-state index in [2.05, 4.69) is 64.2 Å². The molecular formula is C17H23IN2. The summed E-state index contributed by atoms with van der Waals surface area (Å²) in [5.41, 5.74) is 6.11. The second-order valence-corrected chi connectivity index (χ2v) is 5.92. The number of fused-ring (bicyclic) bond motifs is 3. The van der Waals surface area contributed by atoms with E-state index >= 15 is 0 Å². The van der Waals surface area contributed by atoms with Crippen LogP contribution in [0.3, 0.4) is 0 Å². The molecule has 20 heavy (non-hydrogen) atoms. The van der Waals surface area contributed by atoms with Crippen LogP contribution < -0.4 is 0 Å². The van der Waals surface area contributed by atoms with Gasteiger partial charge in [-0.3, -0.25) is 4.90 Å². The Kier molecular flexibility index (Phi) is 4.09. The van der Waals surface area contributed by atoms with Gasteiger partial charge in [0.2, 0.25) is 0 Å². The monoisotopic (exact) mass is 382 g/mol. The van der Waals surface area contributed by atoms with Crippen LogP contribution >= 0.6 is 22.6 Å². The summed E-state index contributed by atoms with van der Waals surface area (Å²) in [6.45, 7) is 4.55. The van der Waals surface area contributed by atoms with Gasteiger partial charge >= 0.3 is 0 Å². The Bertz CT molecular complexity index is 629. The second kappa shape index (κ2) is 5.68. The minimum absolute atomic E-state index is 0.662. The van der Waals surface area contributed by atoms with Crippen molar-refractivity contribution in [3.63, 3.8) is 0 Å². The Morgan fingerprint density at radius 3 is 2.80 bits per heavy atom. The first-order chi connectivity index (χ1) is 9.75. The van der Waals surface area contributed by atoms with Crippen molar-refractivity contribution in [3.05, 3.63) is 35.0 Å². The topological polar surface area (TPSA) is 8.17 Å². The Labute approximate surface area is 135 Å². The number of likely N-dealkylation sites (N-methyl/N-ethyl adjacent to an activating group) is 1. The summed E-state index contributed by atoms with van der Waals surface area (Å²) in [7, 11) is 2.28. The molecule has 0 saturated heterocycles. The van der Waals surface area contributed by atoms with E-state index < -0.39 is 0 Å². The lowest BCUT2D eigenvalue weighted by atomic mass is 9.90. The fourth-order valence-electron chi connectivity index (χ4n) is 3.89. The van der Waals surface area contributed by atoms with Crippen LogP contribution in [0.4, 0.5) is 0 Å². The van der Waals surface area contributed by atoms with E-state index in [1.165, 1.54) is 42.3 Å². The first kappa shape index (κ1) is 14.4. The molecule has 1 aliphatic carbocycles. The normalized spacial score (nSPS) is 21.3. The van der Waals surface area contributed by atoms with Crippen molar-refractivity contribution in [1.29, 1.82) is 0 Å². The molecule has 2 heterocycles. The highest BCUT2D eigenvalue weighted by Gasteiger charge is 2.32. The first-order valence-corrected chi connectivity index (χ1v) is 9.61. The molecule has 0 radical (unpaired) electrons. The zero-order chi connectivity index (χ0) is 14.3. The molecule has 0 amide bonds. The lowest BCUT2D eigenvalue weighted by Crippen LogP contribution is -2.36. The highest BCUT2D eigenvalue weighted by atomic mass is 127. The second-order valence-electron chi connectivity index (χ2n) is 5.92. The lowest BCUT2D eigenvalue weighted by molar-refractivity contribution is 0.178. The number of aromatic nitrogens is 1. The van der Waals surface area contributed by atoms with E-state index in [1.54, 1.807) is 11.3 Å². The van der Waals surface area contributed by atoms with Crippen LogP contribution in [0.25, 0.3) is 10.9 Å². The first-order valence-electron chi connectivity index (χ1n) is 7.45. The van der Waals surface area contributed by atoms with E-state index in [0.717, 1.165) is 6.54 Å². The van der Waals surface area contributed by atoms with E-state index in [-0.39, 0.29) is 0 Å². The zero-order valence-corrected chi connectivity index (χ0v) is 14.8. The Balaban J connectivity index is 0.000000581. The molecule has 1 atom stereocenters. The highest BCUT2D eigenvalue weighted by Crippen LogP contribution is 2.41. The van der Waals surface area contributed by atoms with Crippen molar-refractivity contribution >= 4 is 33.5 Å². The predicted molar refractivity (Wildman–Crippen MR) is 94.9 cm³/mol. The zero-order valence-electron chi connectivity index (χ0n) is 12.6. The summed E-state index contributed by atoms with van der Waals surface area (Å²) < 4.78 is 2.59. The quantitative estimate of drug-likeness (QED) is 0.487. The molecular weight excluding hydrogens is 359 g/mol. The number of hydrogen-bond acceptors (Lipinski definition) is 1. The van der Waals surface area contributed by atoms with Crippen molar-refractivity contribution in [2.75, 3.05) is 18.5 Å². The van der Waals surface area contributed by atoms with Crippen LogP contribution in [0.15, 0.2) is 18.2 Å². The van der Waals surface area contributed by atoms with Gasteiger partial charge in [0.25, 0.3) is 0 Å². The molecule has 4 rings (SSSR count). The average Bonchev–Trinajstić information content (AvgIpc) is 2.80. The third-order valence-electron chi connectivity index (χ3n) is 4.80. The number of halogens is 1. The smallest absolute Gasteiger partial charge is 0.0501 e. The third kappa shape index (κ3) is 2.10. The Morgan fingerprint density at radius 2 is 2.00 bits per heavy atom. The molecule has 3 heteroatoms. The molecule has 2 nitrogen and oxygen atoms in total. The van der Waals surface area contributed by atoms with Gasteiger partial charge in [-0.05, 0) is 55.9 Å². The van der Waals surface area contributed by atoms with Gasteiger partial charge in [-0.2, -0.15) is 0 Å². The molecule has 0 N–H and O–H groups in total. The molecule has 0 bridgehead atoms. The largest absolute Gasteiger partial charge is 0.342 e. The molecule has 1 unspecified atom stereocenters. The van der Waals surface area contributed by atoms with Crippen molar-refractivity contribution < 1.29 is 0 Å². The average molecular weight is 382 g/mol. The van der Waals surface area contributed by atoms with Crippen LogP contribution in [-0.4, -0.2) is 28.0 Å². The summed E-state index contributed by atoms with van der Waals surface area (Å²) >= 11 is 2.15. The summed E-state index contributed by atoms with van der Waals surface area (Å²) in [6, 6.07) is 7.63. The molecule has 1 aromatic heterocycles. The van der Waals surface area contributed by atoms with E-state index in [4.69, 9.17) is 0 Å². The van der Waals surface area contributed by atoms with Crippen LogP contribution in [0.1, 0.15) is 35.7 Å².